The van der Waals surface area contributed by atoms with Crippen LogP contribution in [0.25, 0.3) is 17.1 Å². The second-order valence-corrected chi connectivity index (χ2v) is 9.26. The molecule has 1 aromatic carbocycles. The van der Waals surface area contributed by atoms with Crippen molar-refractivity contribution in [3.05, 3.63) is 48.2 Å². The number of ether oxygens (including phenoxy) is 3. The molecular weight excluding hydrogens is 448 g/mol. The Morgan fingerprint density at radius 3 is 2.63 bits per heavy atom. The Morgan fingerprint density at radius 2 is 1.89 bits per heavy atom. The minimum atomic E-state index is -0.559. The number of amides is 1. The lowest BCUT2D eigenvalue weighted by Crippen LogP contribution is -2.37. The van der Waals surface area contributed by atoms with Crippen molar-refractivity contribution in [3.63, 3.8) is 0 Å². The highest BCUT2D eigenvalue weighted by atomic mass is 16.6. The van der Waals surface area contributed by atoms with Crippen LogP contribution in [0.2, 0.25) is 0 Å². The number of aromatic nitrogens is 4. The number of morpholine rings is 1. The number of nitrogens with one attached hydrogen (secondary N) is 1. The first-order chi connectivity index (χ1) is 16.8. The number of hydrogen-bond donors (Lipinski definition) is 1. The van der Waals surface area contributed by atoms with Crippen LogP contribution in [0.1, 0.15) is 26.3 Å². The molecule has 0 atom stereocenters. The number of hydrogen-bond acceptors (Lipinski definition) is 8. The van der Waals surface area contributed by atoms with E-state index in [9.17, 15) is 4.79 Å². The van der Waals surface area contributed by atoms with E-state index in [1.54, 1.807) is 4.68 Å². The number of carbonyl (C=O) groups is 1. The average Bonchev–Trinajstić information content (AvgIpc) is 3.32. The van der Waals surface area contributed by atoms with Crippen LogP contribution in [0.4, 0.5) is 10.6 Å². The number of benzene rings is 1. The third-order valence-corrected chi connectivity index (χ3v) is 5.15. The van der Waals surface area contributed by atoms with Crippen LogP contribution in [0.15, 0.2) is 42.6 Å². The van der Waals surface area contributed by atoms with Crippen molar-refractivity contribution in [2.24, 2.45) is 0 Å². The zero-order valence-electron chi connectivity index (χ0n) is 20.7. The summed E-state index contributed by atoms with van der Waals surface area (Å²) in [4.78, 5) is 23.1. The molecule has 4 rings (SSSR count). The molecule has 2 aromatic heterocycles. The summed E-state index contributed by atoms with van der Waals surface area (Å²) in [5, 5.41) is 7.40. The van der Waals surface area contributed by atoms with Gasteiger partial charge in [-0.1, -0.05) is 23.8 Å². The molecule has 0 radical (unpaired) electrons. The molecule has 1 aliphatic heterocycles. The predicted octanol–water partition coefficient (Wildman–Crippen LogP) is 3.38. The highest BCUT2D eigenvalue weighted by Crippen LogP contribution is 2.23. The zero-order chi connectivity index (χ0) is 24.8. The second kappa shape index (κ2) is 10.7. The van der Waals surface area contributed by atoms with E-state index >= 15 is 0 Å². The monoisotopic (exact) mass is 480 g/mol. The van der Waals surface area contributed by atoms with Gasteiger partial charge in [-0.25, -0.2) is 9.48 Å². The number of rotatable bonds is 7. The Hall–Kier alpha value is -3.66. The van der Waals surface area contributed by atoms with Gasteiger partial charge >= 0.3 is 12.1 Å². The van der Waals surface area contributed by atoms with E-state index in [-0.39, 0.29) is 19.2 Å². The number of nitrogens with zero attached hydrogens (tertiary/aromatic N) is 5. The third-order valence-electron chi connectivity index (χ3n) is 5.15. The average molecular weight is 481 g/mol. The van der Waals surface area contributed by atoms with Crippen LogP contribution in [0, 0.1) is 6.92 Å². The van der Waals surface area contributed by atoms with Crippen molar-refractivity contribution in [3.8, 4) is 23.1 Å². The van der Waals surface area contributed by atoms with Gasteiger partial charge in [-0.3, -0.25) is 0 Å². The SMILES string of the molecule is Cc1cccc(-c2ccn(-c3cc(N4CCOCC4)nc(OCCNC(=O)OC(C)(C)C)n3)n2)c1. The fourth-order valence-corrected chi connectivity index (χ4v) is 3.56. The van der Waals surface area contributed by atoms with Gasteiger partial charge in [0, 0.05) is 30.9 Å². The molecule has 1 saturated heterocycles. The van der Waals surface area contributed by atoms with Crippen molar-refractivity contribution in [2.45, 2.75) is 33.3 Å². The third kappa shape index (κ3) is 6.92. The number of anilines is 1. The maximum atomic E-state index is 11.9. The van der Waals surface area contributed by atoms with Crippen molar-refractivity contribution in [2.75, 3.05) is 44.4 Å². The Balaban J connectivity index is 1.51. The van der Waals surface area contributed by atoms with Crippen LogP contribution in [0.5, 0.6) is 6.01 Å². The summed E-state index contributed by atoms with van der Waals surface area (Å²) in [5.41, 5.74) is 2.50. The summed E-state index contributed by atoms with van der Waals surface area (Å²) in [6.45, 7) is 10.7. The first-order valence-electron chi connectivity index (χ1n) is 11.7. The Bertz CT molecular complexity index is 1150. The highest BCUT2D eigenvalue weighted by Gasteiger charge is 2.18. The molecule has 10 nitrogen and oxygen atoms in total. The van der Waals surface area contributed by atoms with E-state index in [2.05, 4.69) is 39.2 Å². The van der Waals surface area contributed by atoms with Crippen molar-refractivity contribution in [1.82, 2.24) is 25.1 Å². The molecule has 10 heteroatoms. The standard InChI is InChI=1S/C25H32N6O4/c1-18-6-5-7-19(16-18)20-8-10-31(29-20)22-17-21(30-11-14-33-15-12-30)27-23(28-22)34-13-9-26-24(32)35-25(2,3)4/h5-8,10,16-17H,9,11-15H2,1-4H3,(H,26,32). The smallest absolute Gasteiger partial charge is 0.407 e. The van der Waals surface area contributed by atoms with Gasteiger partial charge in [0.15, 0.2) is 5.82 Å². The lowest BCUT2D eigenvalue weighted by molar-refractivity contribution is 0.0519. The molecule has 1 fully saturated rings. The molecule has 0 saturated carbocycles. The van der Waals surface area contributed by atoms with Gasteiger partial charge in [0.05, 0.1) is 25.5 Å². The van der Waals surface area contributed by atoms with Crippen LogP contribution < -0.4 is 15.0 Å². The minimum absolute atomic E-state index is 0.193. The van der Waals surface area contributed by atoms with Crippen LogP contribution in [0.3, 0.4) is 0 Å². The van der Waals surface area contributed by atoms with Crippen LogP contribution in [-0.4, -0.2) is 70.9 Å². The van der Waals surface area contributed by atoms with E-state index in [0.29, 0.717) is 19.0 Å². The first-order valence-corrected chi connectivity index (χ1v) is 11.7. The lowest BCUT2D eigenvalue weighted by Gasteiger charge is -2.28. The van der Waals surface area contributed by atoms with E-state index in [1.165, 1.54) is 5.56 Å². The number of aryl methyl sites for hydroxylation is 1. The molecule has 1 amide bonds. The quantitative estimate of drug-likeness (QED) is 0.514. The molecule has 3 aromatic rings. The zero-order valence-corrected chi connectivity index (χ0v) is 20.7. The second-order valence-electron chi connectivity index (χ2n) is 9.26. The summed E-state index contributed by atoms with van der Waals surface area (Å²) < 4.78 is 18.2. The number of alkyl carbamates (subject to hydrolysis) is 1. The summed E-state index contributed by atoms with van der Waals surface area (Å²) in [6, 6.07) is 12.3. The van der Waals surface area contributed by atoms with E-state index < -0.39 is 11.7 Å². The van der Waals surface area contributed by atoms with Gasteiger partial charge in [0.25, 0.3) is 0 Å². The summed E-state index contributed by atoms with van der Waals surface area (Å²) in [7, 11) is 0. The van der Waals surface area contributed by atoms with Gasteiger partial charge in [-0.15, -0.1) is 0 Å². The molecule has 1 N–H and O–H groups in total. The minimum Gasteiger partial charge on any atom is -0.461 e. The Morgan fingerprint density at radius 1 is 1.11 bits per heavy atom. The summed E-state index contributed by atoms with van der Waals surface area (Å²) >= 11 is 0. The van der Waals surface area contributed by atoms with Crippen LogP contribution >= 0.6 is 0 Å². The van der Waals surface area contributed by atoms with Crippen molar-refractivity contribution >= 4 is 11.9 Å². The lowest BCUT2D eigenvalue weighted by atomic mass is 10.1. The molecule has 35 heavy (non-hydrogen) atoms. The number of carbonyl (C=O) groups excluding carboxylic acids is 1. The Kier molecular flexibility index (Phi) is 7.50. The molecule has 3 heterocycles. The van der Waals surface area contributed by atoms with Gasteiger partial charge in [-0.2, -0.15) is 15.1 Å². The molecule has 186 valence electrons. The maximum Gasteiger partial charge on any atom is 0.407 e. The molecule has 0 unspecified atom stereocenters. The van der Waals surface area contributed by atoms with Crippen molar-refractivity contribution < 1.29 is 19.0 Å². The van der Waals surface area contributed by atoms with Gasteiger partial charge < -0.3 is 24.4 Å². The van der Waals surface area contributed by atoms with E-state index in [0.717, 1.165) is 30.2 Å². The van der Waals surface area contributed by atoms with E-state index in [4.69, 9.17) is 19.3 Å². The molecule has 1 aliphatic rings. The normalized spacial score (nSPS) is 14.0. The molecule has 0 spiro atoms. The van der Waals surface area contributed by atoms with Crippen molar-refractivity contribution in [1.29, 1.82) is 0 Å². The van der Waals surface area contributed by atoms with Gasteiger partial charge in [-0.05, 0) is 39.8 Å². The van der Waals surface area contributed by atoms with Gasteiger partial charge in [0.1, 0.15) is 18.0 Å². The summed E-state index contributed by atoms with van der Waals surface area (Å²) in [5.74, 6) is 1.33. The molecule has 0 aliphatic carbocycles. The molecule has 0 bridgehead atoms. The topological polar surface area (TPSA) is 104 Å². The van der Waals surface area contributed by atoms with E-state index in [1.807, 2.05) is 51.2 Å². The summed E-state index contributed by atoms with van der Waals surface area (Å²) in [6.07, 6.45) is 1.38. The Labute approximate surface area is 205 Å². The predicted molar refractivity (Wildman–Crippen MR) is 132 cm³/mol. The highest BCUT2D eigenvalue weighted by molar-refractivity contribution is 5.67. The van der Waals surface area contributed by atoms with Crippen LogP contribution in [-0.2, 0) is 9.47 Å². The maximum absolute atomic E-state index is 11.9. The fourth-order valence-electron chi connectivity index (χ4n) is 3.56. The first kappa shape index (κ1) is 24.5. The largest absolute Gasteiger partial charge is 0.461 e. The van der Waals surface area contributed by atoms with Gasteiger partial charge in [0.2, 0.25) is 0 Å². The fraction of sp³-hybridized carbons (Fsp3) is 0.440. The molecular formula is C25H32N6O4.